The van der Waals surface area contributed by atoms with Crippen molar-refractivity contribution in [1.29, 1.82) is 0 Å². The van der Waals surface area contributed by atoms with Crippen LogP contribution in [0.1, 0.15) is 42.0 Å². The highest BCUT2D eigenvalue weighted by Crippen LogP contribution is 2.33. The van der Waals surface area contributed by atoms with Crippen molar-refractivity contribution < 1.29 is 18.3 Å². The lowest BCUT2D eigenvalue weighted by molar-refractivity contribution is 0.102. The van der Waals surface area contributed by atoms with Crippen LogP contribution in [0.3, 0.4) is 0 Å². The van der Waals surface area contributed by atoms with E-state index in [0.29, 0.717) is 18.4 Å². The summed E-state index contributed by atoms with van der Waals surface area (Å²) in [4.78, 5) is 24.3. The second-order valence-electron chi connectivity index (χ2n) is 6.97. The summed E-state index contributed by atoms with van der Waals surface area (Å²) < 4.78 is 34.5. The Hall–Kier alpha value is -2.75. The minimum absolute atomic E-state index is 0.0623. The first-order chi connectivity index (χ1) is 14.4. The first-order valence-corrected chi connectivity index (χ1v) is 10.3. The molecule has 2 aromatic rings. The Labute approximate surface area is 177 Å². The lowest BCUT2D eigenvalue weighted by Crippen LogP contribution is -2.17. The number of aromatic nitrogens is 2. The fourth-order valence-electron chi connectivity index (χ4n) is 2.58. The molecule has 1 fully saturated rings. The van der Waals surface area contributed by atoms with E-state index < -0.39 is 23.1 Å². The van der Waals surface area contributed by atoms with E-state index in [0.717, 1.165) is 30.7 Å². The monoisotopic (exact) mass is 435 g/mol. The van der Waals surface area contributed by atoms with Crippen molar-refractivity contribution in [3.8, 4) is 5.88 Å². The fourth-order valence-corrected chi connectivity index (χ4v) is 3.33. The number of amides is 1. The predicted molar refractivity (Wildman–Crippen MR) is 113 cm³/mol. The van der Waals surface area contributed by atoms with Crippen LogP contribution in [-0.2, 0) is 0 Å². The zero-order chi connectivity index (χ0) is 21.7. The van der Waals surface area contributed by atoms with Crippen molar-refractivity contribution in [2.45, 2.75) is 31.2 Å². The van der Waals surface area contributed by atoms with Gasteiger partial charge < -0.3 is 15.8 Å². The van der Waals surface area contributed by atoms with E-state index >= 15 is 0 Å². The molecule has 1 aliphatic carbocycles. The van der Waals surface area contributed by atoms with Gasteiger partial charge in [0.05, 0.1) is 19.0 Å². The number of ether oxygens (including phenoxy) is 1. The van der Waals surface area contributed by atoms with Crippen LogP contribution in [-0.4, -0.2) is 39.9 Å². The lowest BCUT2D eigenvalue weighted by Gasteiger charge is -2.17. The molecule has 3 N–H and O–H groups in total. The number of hydrogen-bond acceptors (Lipinski definition) is 6. The highest BCUT2D eigenvalue weighted by Gasteiger charge is 2.24. The largest absolute Gasteiger partial charge is 0.476 e. The Kier molecular flexibility index (Phi) is 7.20. The first kappa shape index (κ1) is 21.9. The van der Waals surface area contributed by atoms with Gasteiger partial charge in [0, 0.05) is 23.5 Å². The summed E-state index contributed by atoms with van der Waals surface area (Å²) in [6.45, 7) is 2.18. The number of nitrogens with one attached hydrogen (secondary N) is 1. The Balaban J connectivity index is 1.65. The van der Waals surface area contributed by atoms with E-state index in [9.17, 15) is 13.6 Å². The van der Waals surface area contributed by atoms with Crippen LogP contribution >= 0.6 is 11.8 Å². The average Bonchev–Trinajstić information content (AvgIpc) is 3.57. The third-order valence-electron chi connectivity index (χ3n) is 4.51. The van der Waals surface area contributed by atoms with Crippen LogP contribution in [0.2, 0.25) is 0 Å². The molecule has 1 heterocycles. The van der Waals surface area contributed by atoms with Gasteiger partial charge in [-0.3, -0.25) is 9.79 Å². The topological polar surface area (TPSA) is 102 Å². The number of aliphatic imine (C=N–C) groups is 1. The number of halogens is 2. The van der Waals surface area contributed by atoms with Gasteiger partial charge >= 0.3 is 0 Å². The number of carbonyl (C=O) groups excluding carboxylic acids is 1. The van der Waals surface area contributed by atoms with Crippen LogP contribution in [0.25, 0.3) is 0 Å². The van der Waals surface area contributed by atoms with E-state index in [-0.39, 0.29) is 22.1 Å². The molecule has 3 rings (SSSR count). The average molecular weight is 436 g/mol. The number of rotatable bonds is 8. The number of nitrogens with zero attached hydrogens (tertiary/aromatic N) is 3. The molecule has 10 heteroatoms. The molecule has 0 spiro atoms. The van der Waals surface area contributed by atoms with Gasteiger partial charge in [-0.25, -0.2) is 18.7 Å². The summed E-state index contributed by atoms with van der Waals surface area (Å²) >= 11 is 1.01. The Morgan fingerprint density at radius 3 is 2.80 bits per heavy atom. The van der Waals surface area contributed by atoms with Crippen molar-refractivity contribution in [2.24, 2.45) is 16.6 Å². The highest BCUT2D eigenvalue weighted by molar-refractivity contribution is 8.14. The van der Waals surface area contributed by atoms with Crippen LogP contribution in [0.15, 0.2) is 35.6 Å². The first-order valence-electron chi connectivity index (χ1n) is 9.46. The van der Waals surface area contributed by atoms with Gasteiger partial charge in [-0.05, 0) is 43.9 Å². The number of thioether (sulfide) groups is 1. The molecule has 1 aliphatic rings. The molecule has 1 aromatic carbocycles. The van der Waals surface area contributed by atoms with Crippen molar-refractivity contribution in [3.05, 3.63) is 47.7 Å². The predicted octanol–water partition coefficient (Wildman–Crippen LogP) is 3.73. The Morgan fingerprint density at radius 2 is 2.17 bits per heavy atom. The van der Waals surface area contributed by atoms with E-state index in [1.54, 1.807) is 6.92 Å². The molecule has 7 nitrogen and oxygen atoms in total. The molecule has 1 saturated carbocycles. The number of alkyl halides is 1. The third kappa shape index (κ3) is 5.88. The lowest BCUT2D eigenvalue weighted by atomic mass is 10.1. The maximum absolute atomic E-state index is 14.8. The molecule has 1 amide bonds. The van der Waals surface area contributed by atoms with Gasteiger partial charge in [0.2, 0.25) is 5.88 Å². The summed E-state index contributed by atoms with van der Waals surface area (Å²) in [7, 11) is 1.49. The van der Waals surface area contributed by atoms with Crippen molar-refractivity contribution in [2.75, 3.05) is 19.0 Å². The summed E-state index contributed by atoms with van der Waals surface area (Å²) in [5.74, 6) is -0.330. The minimum Gasteiger partial charge on any atom is -0.476 e. The fraction of sp³-hybridized carbons (Fsp3) is 0.400. The van der Waals surface area contributed by atoms with Crippen molar-refractivity contribution in [1.82, 2.24) is 9.97 Å². The van der Waals surface area contributed by atoms with Gasteiger partial charge in [0.1, 0.15) is 17.7 Å². The smallest absolute Gasteiger partial charge is 0.275 e. The standard InChI is InChI=1S/C20H23F2N5O2S/c1-11(30-20(23)24-2)18(22)14-7-13(5-6-15(14)21)27-19(28)16-8-26-17(9-25-16)29-10-12-3-4-12/h5-9,11-12,18H,3-4,10H2,1-2H3,(H2,23,24)(H,27,28)/t11-,18+/m1/s1. The van der Waals surface area contributed by atoms with Gasteiger partial charge in [0.25, 0.3) is 5.91 Å². The normalized spacial score (nSPS) is 16.1. The summed E-state index contributed by atoms with van der Waals surface area (Å²) in [5.41, 5.74) is 5.74. The van der Waals surface area contributed by atoms with Crippen molar-refractivity contribution >= 4 is 28.5 Å². The second kappa shape index (κ2) is 9.84. The number of benzene rings is 1. The molecule has 160 valence electrons. The van der Waals surface area contributed by atoms with Crippen LogP contribution in [0.4, 0.5) is 14.5 Å². The molecular formula is C20H23F2N5O2S. The third-order valence-corrected chi connectivity index (χ3v) is 5.55. The summed E-state index contributed by atoms with van der Waals surface area (Å²) in [5, 5.41) is 2.12. The maximum atomic E-state index is 14.8. The highest BCUT2D eigenvalue weighted by atomic mass is 32.2. The molecule has 0 saturated heterocycles. The quantitative estimate of drug-likeness (QED) is 0.484. The number of nitrogens with two attached hydrogens (primary N) is 1. The molecule has 2 atom stereocenters. The van der Waals surface area contributed by atoms with Gasteiger partial charge in [-0.1, -0.05) is 11.8 Å². The van der Waals surface area contributed by atoms with E-state index in [1.807, 2.05) is 0 Å². The molecule has 0 radical (unpaired) electrons. The van der Waals surface area contributed by atoms with Gasteiger partial charge in [-0.2, -0.15) is 0 Å². The second-order valence-corrected chi connectivity index (χ2v) is 8.37. The molecular weight excluding hydrogens is 412 g/mol. The van der Waals surface area contributed by atoms with E-state index in [4.69, 9.17) is 10.5 Å². The van der Waals surface area contributed by atoms with Crippen LogP contribution < -0.4 is 15.8 Å². The summed E-state index contributed by atoms with van der Waals surface area (Å²) in [6, 6.07) is 3.71. The molecule has 0 bridgehead atoms. The Morgan fingerprint density at radius 1 is 1.40 bits per heavy atom. The number of carbonyl (C=O) groups is 1. The molecule has 0 unspecified atom stereocenters. The van der Waals surface area contributed by atoms with Crippen molar-refractivity contribution in [3.63, 3.8) is 0 Å². The van der Waals surface area contributed by atoms with Crippen LogP contribution in [0, 0.1) is 11.7 Å². The number of hydrogen-bond donors (Lipinski definition) is 2. The van der Waals surface area contributed by atoms with Gasteiger partial charge in [-0.15, -0.1) is 0 Å². The minimum atomic E-state index is -1.64. The van der Waals surface area contributed by atoms with E-state index in [1.165, 1.54) is 31.6 Å². The number of amidine groups is 1. The Bertz CT molecular complexity index is 922. The summed E-state index contributed by atoms with van der Waals surface area (Å²) in [6.07, 6.45) is 3.35. The molecule has 30 heavy (non-hydrogen) atoms. The number of anilines is 1. The maximum Gasteiger partial charge on any atom is 0.275 e. The van der Waals surface area contributed by atoms with E-state index in [2.05, 4.69) is 20.3 Å². The van der Waals surface area contributed by atoms with Gasteiger partial charge in [0.15, 0.2) is 5.17 Å². The zero-order valence-corrected chi connectivity index (χ0v) is 17.5. The molecule has 1 aromatic heterocycles. The zero-order valence-electron chi connectivity index (χ0n) is 16.6. The van der Waals surface area contributed by atoms with Crippen LogP contribution in [0.5, 0.6) is 5.88 Å². The SMILES string of the molecule is C/N=C(/N)S[C@H](C)[C@H](F)c1cc(NC(=O)c2cnc(OCC3CC3)cn2)ccc1F. The molecule has 0 aliphatic heterocycles.